The molecule has 0 spiro atoms. The maximum Gasteiger partial charge on any atom is 0.374 e. The van der Waals surface area contributed by atoms with Crippen LogP contribution in [0.1, 0.15) is 20.3 Å². The minimum absolute atomic E-state index is 0.0366. The van der Waals surface area contributed by atoms with Crippen molar-refractivity contribution in [3.8, 4) is 0 Å². The van der Waals surface area contributed by atoms with Crippen LogP contribution < -0.4 is 0 Å². The van der Waals surface area contributed by atoms with Crippen LogP contribution in [0, 0.1) is 5.41 Å². The van der Waals surface area contributed by atoms with Crippen molar-refractivity contribution in [2.45, 2.75) is 20.3 Å². The van der Waals surface area contributed by atoms with E-state index >= 15 is 0 Å². The lowest BCUT2D eigenvalue weighted by Gasteiger charge is -2.39. The Morgan fingerprint density at radius 1 is 1.46 bits per heavy atom. The third-order valence-electron chi connectivity index (χ3n) is 2.36. The molecule has 0 aromatic carbocycles. The van der Waals surface area contributed by atoms with Crippen LogP contribution >= 0.6 is 0 Å². The van der Waals surface area contributed by atoms with Gasteiger partial charge >= 0.3 is 5.97 Å². The van der Waals surface area contributed by atoms with Gasteiger partial charge in [-0.25, -0.2) is 4.79 Å². The van der Waals surface area contributed by atoms with Crippen LogP contribution in [0.25, 0.3) is 0 Å². The Hall–Kier alpha value is -0.900. The quantitative estimate of drug-likeness (QED) is 0.475. The lowest BCUT2D eigenvalue weighted by Crippen LogP contribution is -2.46. The molecule has 0 aromatic rings. The molecule has 0 aliphatic carbocycles. The van der Waals surface area contributed by atoms with Gasteiger partial charge < -0.3 is 9.47 Å². The van der Waals surface area contributed by atoms with E-state index in [0.29, 0.717) is 19.8 Å². The second kappa shape index (κ2) is 3.87. The summed E-state index contributed by atoms with van der Waals surface area (Å²) in [5.74, 6) is -1.30. The summed E-state index contributed by atoms with van der Waals surface area (Å²) in [5, 5.41) is 0. The second-order valence-electron chi connectivity index (χ2n) is 3.48. The fourth-order valence-corrected chi connectivity index (χ4v) is 1.10. The van der Waals surface area contributed by atoms with Crippen LogP contribution in [0.3, 0.4) is 0 Å². The largest absolute Gasteiger partial charge is 0.459 e. The molecule has 1 fully saturated rings. The lowest BCUT2D eigenvalue weighted by atomic mass is 9.84. The van der Waals surface area contributed by atoms with E-state index in [4.69, 9.17) is 9.47 Å². The molecule has 0 unspecified atom stereocenters. The molecule has 13 heavy (non-hydrogen) atoms. The lowest BCUT2D eigenvalue weighted by molar-refractivity contribution is -0.173. The van der Waals surface area contributed by atoms with Crippen molar-refractivity contribution in [3.63, 3.8) is 0 Å². The van der Waals surface area contributed by atoms with Crippen molar-refractivity contribution in [2.75, 3.05) is 19.8 Å². The van der Waals surface area contributed by atoms with E-state index in [9.17, 15) is 9.59 Å². The summed E-state index contributed by atoms with van der Waals surface area (Å²) >= 11 is 0. The fraction of sp³-hybridized carbons (Fsp3) is 0.778. The summed E-state index contributed by atoms with van der Waals surface area (Å²) in [6, 6.07) is 0. The number of hydrogen-bond acceptors (Lipinski definition) is 4. The van der Waals surface area contributed by atoms with Gasteiger partial charge in [-0.3, -0.25) is 4.79 Å². The summed E-state index contributed by atoms with van der Waals surface area (Å²) in [4.78, 5) is 21.4. The van der Waals surface area contributed by atoms with Gasteiger partial charge in [0.1, 0.15) is 6.61 Å². The number of carbonyl (C=O) groups is 2. The number of ether oxygens (including phenoxy) is 2. The number of hydrogen-bond donors (Lipinski definition) is 0. The van der Waals surface area contributed by atoms with E-state index in [-0.39, 0.29) is 5.41 Å². The van der Waals surface area contributed by atoms with Crippen molar-refractivity contribution in [1.82, 2.24) is 0 Å². The Labute approximate surface area is 77.2 Å². The Kier molecular flexibility index (Phi) is 3.03. The van der Waals surface area contributed by atoms with Gasteiger partial charge in [-0.2, -0.15) is 0 Å². The molecular formula is C9H14O4. The van der Waals surface area contributed by atoms with Gasteiger partial charge in [0.25, 0.3) is 0 Å². The molecule has 4 heteroatoms. The highest BCUT2D eigenvalue weighted by atomic mass is 16.6. The zero-order valence-corrected chi connectivity index (χ0v) is 7.96. The van der Waals surface area contributed by atoms with Crippen LogP contribution in [0.5, 0.6) is 0 Å². The van der Waals surface area contributed by atoms with Crippen molar-refractivity contribution >= 4 is 11.8 Å². The molecule has 1 saturated heterocycles. The molecule has 1 aliphatic rings. The summed E-state index contributed by atoms with van der Waals surface area (Å²) in [6.45, 7) is 4.76. The van der Waals surface area contributed by atoms with Crippen LogP contribution in [0.2, 0.25) is 0 Å². The maximum absolute atomic E-state index is 10.8. The van der Waals surface area contributed by atoms with Gasteiger partial charge in [0, 0.05) is 6.92 Å². The second-order valence-corrected chi connectivity index (χ2v) is 3.48. The SMILES string of the molecule is CCC1(COC(=O)C(C)=O)COC1. The molecule has 0 atom stereocenters. The third-order valence-corrected chi connectivity index (χ3v) is 2.36. The molecule has 0 radical (unpaired) electrons. The Bertz CT molecular complexity index is 212. The summed E-state index contributed by atoms with van der Waals surface area (Å²) in [5.41, 5.74) is -0.0366. The first-order chi connectivity index (χ1) is 6.09. The van der Waals surface area contributed by atoms with Crippen molar-refractivity contribution < 1.29 is 19.1 Å². The molecule has 4 nitrogen and oxygen atoms in total. The third kappa shape index (κ3) is 2.28. The van der Waals surface area contributed by atoms with E-state index in [1.807, 2.05) is 6.92 Å². The topological polar surface area (TPSA) is 52.6 Å². The van der Waals surface area contributed by atoms with E-state index in [0.717, 1.165) is 6.42 Å². The molecule has 0 amide bonds. The van der Waals surface area contributed by atoms with Crippen LogP contribution in [-0.4, -0.2) is 31.6 Å². The normalized spacial score (nSPS) is 18.9. The van der Waals surface area contributed by atoms with E-state index in [1.54, 1.807) is 0 Å². The number of Topliss-reactive ketones (excluding diaryl/α,β-unsaturated/α-hetero) is 1. The van der Waals surface area contributed by atoms with E-state index in [1.165, 1.54) is 6.92 Å². The van der Waals surface area contributed by atoms with Crippen molar-refractivity contribution in [1.29, 1.82) is 0 Å². The van der Waals surface area contributed by atoms with Gasteiger partial charge in [-0.15, -0.1) is 0 Å². The fourth-order valence-electron chi connectivity index (χ4n) is 1.10. The first-order valence-corrected chi connectivity index (χ1v) is 4.35. The highest BCUT2D eigenvalue weighted by Gasteiger charge is 2.38. The van der Waals surface area contributed by atoms with Gasteiger partial charge in [0.2, 0.25) is 5.78 Å². The van der Waals surface area contributed by atoms with Gasteiger partial charge in [-0.05, 0) is 6.42 Å². The number of esters is 1. The molecule has 1 aliphatic heterocycles. The minimum atomic E-state index is -0.750. The number of carbonyl (C=O) groups excluding carboxylic acids is 2. The summed E-state index contributed by atoms with van der Waals surface area (Å²) < 4.78 is 9.88. The highest BCUT2D eigenvalue weighted by Crippen LogP contribution is 2.31. The molecule has 0 saturated carbocycles. The van der Waals surface area contributed by atoms with E-state index < -0.39 is 11.8 Å². The first-order valence-electron chi connectivity index (χ1n) is 4.35. The average molecular weight is 186 g/mol. The molecule has 74 valence electrons. The predicted molar refractivity (Wildman–Crippen MR) is 45.2 cm³/mol. The smallest absolute Gasteiger partial charge is 0.374 e. The van der Waals surface area contributed by atoms with Crippen LogP contribution in [0.15, 0.2) is 0 Å². The molecule has 0 bridgehead atoms. The molecule has 0 N–H and O–H groups in total. The monoisotopic (exact) mass is 186 g/mol. The van der Waals surface area contributed by atoms with Gasteiger partial charge in [-0.1, -0.05) is 6.92 Å². The molecule has 1 rings (SSSR count). The number of ketones is 1. The predicted octanol–water partition coefficient (Wildman–Crippen LogP) is 0.545. The van der Waals surface area contributed by atoms with E-state index in [2.05, 4.69) is 0 Å². The molecule has 0 aromatic heterocycles. The Morgan fingerprint density at radius 2 is 2.08 bits per heavy atom. The Morgan fingerprint density at radius 3 is 2.38 bits per heavy atom. The first kappa shape index (κ1) is 10.2. The van der Waals surface area contributed by atoms with Crippen LogP contribution in [0.4, 0.5) is 0 Å². The minimum Gasteiger partial charge on any atom is -0.459 e. The maximum atomic E-state index is 10.8. The van der Waals surface area contributed by atoms with Gasteiger partial charge in [0.05, 0.1) is 18.6 Å². The Balaban J connectivity index is 2.32. The summed E-state index contributed by atoms with van der Waals surface area (Å²) in [6.07, 6.45) is 0.901. The zero-order chi connectivity index (χ0) is 9.90. The number of rotatable bonds is 4. The average Bonchev–Trinajstić information content (AvgIpc) is 2.02. The molecule has 1 heterocycles. The van der Waals surface area contributed by atoms with Crippen LogP contribution in [-0.2, 0) is 19.1 Å². The zero-order valence-electron chi connectivity index (χ0n) is 7.96. The van der Waals surface area contributed by atoms with Crippen molar-refractivity contribution in [2.24, 2.45) is 5.41 Å². The molecular weight excluding hydrogens is 172 g/mol. The highest BCUT2D eigenvalue weighted by molar-refractivity contribution is 6.32. The van der Waals surface area contributed by atoms with Gasteiger partial charge in [0.15, 0.2) is 0 Å². The summed E-state index contributed by atoms with van der Waals surface area (Å²) in [7, 11) is 0. The standard InChI is InChI=1S/C9H14O4/c1-3-9(4-12-5-9)6-13-8(11)7(2)10/h3-6H2,1-2H3. The van der Waals surface area contributed by atoms with Crippen molar-refractivity contribution in [3.05, 3.63) is 0 Å².